The van der Waals surface area contributed by atoms with E-state index in [1.165, 1.54) is 6.07 Å². The molecule has 0 radical (unpaired) electrons. The average molecular weight is 385 g/mol. The highest BCUT2D eigenvalue weighted by atomic mass is 16.5. The number of carbonyl (C=O) groups excluding carboxylic acids is 2. The number of ether oxygens (including phenoxy) is 1. The molecule has 0 unspecified atom stereocenters. The van der Waals surface area contributed by atoms with Crippen molar-refractivity contribution in [3.8, 4) is 11.8 Å². The van der Waals surface area contributed by atoms with Gasteiger partial charge in [0.25, 0.3) is 11.8 Å². The van der Waals surface area contributed by atoms with Crippen molar-refractivity contribution in [3.63, 3.8) is 0 Å². The predicted molar refractivity (Wildman–Crippen MR) is 111 cm³/mol. The topological polar surface area (TPSA) is 91.2 Å². The Morgan fingerprint density at radius 3 is 1.86 bits per heavy atom. The SMILES string of the molecule is CCOc1ccc(NC(=O)c2cccc(C(=O)Nc3ccc(C#N)cc3)c2)cc1. The molecule has 0 aromatic heterocycles. The van der Waals surface area contributed by atoms with Crippen molar-refractivity contribution >= 4 is 23.2 Å². The van der Waals surface area contributed by atoms with Crippen LogP contribution in [-0.4, -0.2) is 18.4 Å². The second-order valence-electron chi connectivity index (χ2n) is 6.14. The second-order valence-corrected chi connectivity index (χ2v) is 6.14. The van der Waals surface area contributed by atoms with E-state index in [2.05, 4.69) is 10.6 Å². The number of amides is 2. The van der Waals surface area contributed by atoms with Gasteiger partial charge in [0, 0.05) is 22.5 Å². The highest BCUT2D eigenvalue weighted by Gasteiger charge is 2.11. The summed E-state index contributed by atoms with van der Waals surface area (Å²) < 4.78 is 5.38. The van der Waals surface area contributed by atoms with Crippen molar-refractivity contribution in [1.29, 1.82) is 5.26 Å². The molecular weight excluding hydrogens is 366 g/mol. The van der Waals surface area contributed by atoms with Gasteiger partial charge in [0.05, 0.1) is 18.2 Å². The number of nitriles is 1. The van der Waals surface area contributed by atoms with Gasteiger partial charge in [0.15, 0.2) is 0 Å². The average Bonchev–Trinajstić information content (AvgIpc) is 2.76. The van der Waals surface area contributed by atoms with Crippen LogP contribution in [0.3, 0.4) is 0 Å². The molecule has 144 valence electrons. The predicted octanol–water partition coefficient (Wildman–Crippen LogP) is 4.46. The number of hydrogen-bond donors (Lipinski definition) is 2. The van der Waals surface area contributed by atoms with Gasteiger partial charge in [0.2, 0.25) is 0 Å². The first kappa shape index (κ1) is 19.6. The van der Waals surface area contributed by atoms with Gasteiger partial charge in [0.1, 0.15) is 5.75 Å². The van der Waals surface area contributed by atoms with Crippen molar-refractivity contribution in [2.24, 2.45) is 0 Å². The lowest BCUT2D eigenvalue weighted by molar-refractivity contribution is 0.102. The van der Waals surface area contributed by atoms with E-state index in [1.807, 2.05) is 13.0 Å². The summed E-state index contributed by atoms with van der Waals surface area (Å²) in [5.74, 6) is 0.0691. The molecule has 0 fully saturated rings. The fourth-order valence-electron chi connectivity index (χ4n) is 2.64. The van der Waals surface area contributed by atoms with Crippen LogP contribution in [0.4, 0.5) is 11.4 Å². The summed E-state index contributed by atoms with van der Waals surface area (Å²) in [5, 5.41) is 14.4. The van der Waals surface area contributed by atoms with Gasteiger partial charge >= 0.3 is 0 Å². The van der Waals surface area contributed by atoms with Gasteiger partial charge in [-0.05, 0) is 73.7 Å². The third-order valence-electron chi connectivity index (χ3n) is 4.08. The monoisotopic (exact) mass is 385 g/mol. The van der Waals surface area contributed by atoms with Crippen LogP contribution in [0, 0.1) is 11.3 Å². The van der Waals surface area contributed by atoms with E-state index in [9.17, 15) is 9.59 Å². The maximum atomic E-state index is 12.5. The molecule has 3 aromatic rings. The van der Waals surface area contributed by atoms with E-state index < -0.39 is 0 Å². The molecule has 6 heteroatoms. The molecule has 0 bridgehead atoms. The minimum Gasteiger partial charge on any atom is -0.494 e. The number of carbonyl (C=O) groups is 2. The first-order valence-electron chi connectivity index (χ1n) is 9.05. The molecule has 0 heterocycles. The normalized spacial score (nSPS) is 9.93. The van der Waals surface area contributed by atoms with Gasteiger partial charge in [-0.25, -0.2) is 0 Å². The fraction of sp³-hybridized carbons (Fsp3) is 0.0870. The molecule has 0 aliphatic carbocycles. The Morgan fingerprint density at radius 2 is 1.38 bits per heavy atom. The Hall–Kier alpha value is -4.11. The molecule has 2 N–H and O–H groups in total. The molecular formula is C23H19N3O3. The lowest BCUT2D eigenvalue weighted by atomic mass is 10.1. The minimum absolute atomic E-state index is 0.317. The van der Waals surface area contributed by atoms with Crippen LogP contribution in [0.5, 0.6) is 5.75 Å². The molecule has 0 aliphatic rings. The van der Waals surface area contributed by atoms with E-state index in [0.29, 0.717) is 34.7 Å². The van der Waals surface area contributed by atoms with Crippen molar-refractivity contribution in [2.75, 3.05) is 17.2 Å². The van der Waals surface area contributed by atoms with Crippen LogP contribution >= 0.6 is 0 Å². The summed E-state index contributed by atoms with van der Waals surface area (Å²) in [4.78, 5) is 25.0. The first-order chi connectivity index (χ1) is 14.1. The third kappa shape index (κ3) is 5.21. The Labute approximate surface area is 168 Å². The van der Waals surface area contributed by atoms with Crippen molar-refractivity contribution in [2.45, 2.75) is 6.92 Å². The van der Waals surface area contributed by atoms with E-state index in [1.54, 1.807) is 66.7 Å². The quantitative estimate of drug-likeness (QED) is 0.655. The Kier molecular flexibility index (Phi) is 6.23. The molecule has 0 spiro atoms. The zero-order chi connectivity index (χ0) is 20.6. The standard InChI is InChI=1S/C23H19N3O3/c1-2-29-21-12-10-20(11-13-21)26-23(28)18-5-3-4-17(14-18)22(27)25-19-8-6-16(15-24)7-9-19/h3-14H,2H2,1H3,(H,25,27)(H,26,28). The van der Waals surface area contributed by atoms with E-state index in [0.717, 1.165) is 5.75 Å². The molecule has 2 amide bonds. The summed E-state index contributed by atoms with van der Waals surface area (Å²) in [5.41, 5.74) is 2.43. The molecule has 0 saturated heterocycles. The maximum absolute atomic E-state index is 12.5. The van der Waals surface area contributed by atoms with Gasteiger partial charge in [-0.15, -0.1) is 0 Å². The molecule has 0 aliphatic heterocycles. The highest BCUT2D eigenvalue weighted by Crippen LogP contribution is 2.17. The number of benzene rings is 3. The van der Waals surface area contributed by atoms with Gasteiger partial charge < -0.3 is 15.4 Å². The number of anilines is 2. The molecule has 0 atom stereocenters. The summed E-state index contributed by atoms with van der Waals surface area (Å²) in [6, 6.07) is 22.1. The van der Waals surface area contributed by atoms with Gasteiger partial charge in [-0.1, -0.05) is 6.07 Å². The molecule has 0 saturated carbocycles. The van der Waals surface area contributed by atoms with E-state index in [-0.39, 0.29) is 11.8 Å². The molecule has 6 nitrogen and oxygen atoms in total. The van der Waals surface area contributed by atoms with Crippen LogP contribution in [0.2, 0.25) is 0 Å². The van der Waals surface area contributed by atoms with Crippen molar-refractivity contribution in [1.82, 2.24) is 0 Å². The van der Waals surface area contributed by atoms with Crippen LogP contribution < -0.4 is 15.4 Å². The highest BCUT2D eigenvalue weighted by molar-refractivity contribution is 6.08. The van der Waals surface area contributed by atoms with Gasteiger partial charge in [-0.3, -0.25) is 9.59 Å². The number of nitrogens with zero attached hydrogens (tertiary/aromatic N) is 1. The zero-order valence-electron chi connectivity index (χ0n) is 15.8. The fourth-order valence-corrected chi connectivity index (χ4v) is 2.64. The lowest BCUT2D eigenvalue weighted by Gasteiger charge is -2.09. The molecule has 3 aromatic carbocycles. The number of rotatable bonds is 6. The summed E-state index contributed by atoms with van der Waals surface area (Å²) in [7, 11) is 0. The van der Waals surface area contributed by atoms with E-state index in [4.69, 9.17) is 10.00 Å². The third-order valence-corrected chi connectivity index (χ3v) is 4.08. The second kappa shape index (κ2) is 9.20. The summed E-state index contributed by atoms with van der Waals surface area (Å²) in [6.45, 7) is 2.48. The smallest absolute Gasteiger partial charge is 0.255 e. The lowest BCUT2D eigenvalue weighted by Crippen LogP contribution is -2.15. The minimum atomic E-state index is -0.342. The van der Waals surface area contributed by atoms with Crippen LogP contribution in [0.25, 0.3) is 0 Å². The maximum Gasteiger partial charge on any atom is 0.255 e. The first-order valence-corrected chi connectivity index (χ1v) is 9.05. The van der Waals surface area contributed by atoms with Crippen LogP contribution in [-0.2, 0) is 0 Å². The van der Waals surface area contributed by atoms with Gasteiger partial charge in [-0.2, -0.15) is 5.26 Å². The van der Waals surface area contributed by atoms with Crippen molar-refractivity contribution in [3.05, 3.63) is 89.5 Å². The summed E-state index contributed by atoms with van der Waals surface area (Å²) >= 11 is 0. The number of nitrogens with one attached hydrogen (secondary N) is 2. The van der Waals surface area contributed by atoms with Crippen LogP contribution in [0.1, 0.15) is 33.2 Å². The Balaban J connectivity index is 1.68. The largest absolute Gasteiger partial charge is 0.494 e. The zero-order valence-corrected chi connectivity index (χ0v) is 15.8. The van der Waals surface area contributed by atoms with Crippen molar-refractivity contribution < 1.29 is 14.3 Å². The van der Waals surface area contributed by atoms with E-state index >= 15 is 0 Å². The van der Waals surface area contributed by atoms with Crippen LogP contribution in [0.15, 0.2) is 72.8 Å². The summed E-state index contributed by atoms with van der Waals surface area (Å²) in [6.07, 6.45) is 0. The number of hydrogen-bond acceptors (Lipinski definition) is 4. The Bertz CT molecular complexity index is 1050. The molecule has 3 rings (SSSR count). The molecule has 29 heavy (non-hydrogen) atoms. The Morgan fingerprint density at radius 1 is 0.862 bits per heavy atom.